The van der Waals surface area contributed by atoms with Crippen molar-refractivity contribution in [3.63, 3.8) is 0 Å². The smallest absolute Gasteiger partial charge is 0.0402 e. The molecule has 0 saturated heterocycles. The van der Waals surface area contributed by atoms with Gasteiger partial charge < -0.3 is 5.32 Å². The highest BCUT2D eigenvalue weighted by atomic mass is 14.9. The Kier molecular flexibility index (Phi) is 3.52. The van der Waals surface area contributed by atoms with E-state index in [0.29, 0.717) is 5.92 Å². The third-order valence-electron chi connectivity index (χ3n) is 4.28. The highest BCUT2D eigenvalue weighted by Gasteiger charge is 2.20. The van der Waals surface area contributed by atoms with Crippen molar-refractivity contribution >= 4 is 5.69 Å². The maximum Gasteiger partial charge on any atom is 0.0402 e. The number of anilines is 1. The fourth-order valence-corrected chi connectivity index (χ4v) is 3.30. The highest BCUT2D eigenvalue weighted by Crippen LogP contribution is 2.30. The number of hydrogen-bond donors (Lipinski definition) is 1. The van der Waals surface area contributed by atoms with Gasteiger partial charge in [-0.2, -0.15) is 0 Å². The molecule has 0 amide bonds. The molecule has 1 nitrogen and oxygen atoms in total. The first-order valence-electron chi connectivity index (χ1n) is 7.51. The SMILES string of the molecule is Cc1ccc(CC2CNc3c(C)cc(C)cc3C2)cc1. The van der Waals surface area contributed by atoms with Crippen molar-refractivity contribution in [2.45, 2.75) is 33.6 Å². The van der Waals surface area contributed by atoms with Crippen molar-refractivity contribution in [1.29, 1.82) is 0 Å². The Bertz CT molecular complexity index is 610. The molecule has 0 bridgehead atoms. The Hall–Kier alpha value is -1.76. The highest BCUT2D eigenvalue weighted by molar-refractivity contribution is 5.60. The van der Waals surface area contributed by atoms with Crippen LogP contribution in [0.1, 0.15) is 27.8 Å². The van der Waals surface area contributed by atoms with Crippen molar-refractivity contribution in [2.24, 2.45) is 5.92 Å². The third-order valence-corrected chi connectivity index (χ3v) is 4.28. The van der Waals surface area contributed by atoms with Gasteiger partial charge in [-0.05, 0) is 56.2 Å². The lowest BCUT2D eigenvalue weighted by atomic mass is 9.87. The van der Waals surface area contributed by atoms with Gasteiger partial charge in [0.1, 0.15) is 0 Å². The number of benzene rings is 2. The second-order valence-corrected chi connectivity index (χ2v) is 6.26. The van der Waals surface area contributed by atoms with E-state index >= 15 is 0 Å². The van der Waals surface area contributed by atoms with Crippen LogP contribution in [-0.2, 0) is 12.8 Å². The maximum atomic E-state index is 3.64. The second-order valence-electron chi connectivity index (χ2n) is 6.26. The van der Waals surface area contributed by atoms with Crippen molar-refractivity contribution in [1.82, 2.24) is 0 Å². The standard InChI is InChI=1S/C19H23N/c1-13-4-6-16(7-5-13)10-17-11-18-9-14(2)8-15(3)19(18)20-12-17/h4-9,17,20H,10-12H2,1-3H3. The molecule has 0 radical (unpaired) electrons. The van der Waals surface area contributed by atoms with Crippen LogP contribution in [0.3, 0.4) is 0 Å². The van der Waals surface area contributed by atoms with Gasteiger partial charge >= 0.3 is 0 Å². The summed E-state index contributed by atoms with van der Waals surface area (Å²) in [5.74, 6) is 0.700. The first-order chi connectivity index (χ1) is 9.61. The normalized spacial score (nSPS) is 17.4. The lowest BCUT2D eigenvalue weighted by molar-refractivity contribution is 0.534. The van der Waals surface area contributed by atoms with Gasteiger partial charge in [0.05, 0.1) is 0 Å². The van der Waals surface area contributed by atoms with Gasteiger partial charge in [0.2, 0.25) is 0 Å². The van der Waals surface area contributed by atoms with Crippen LogP contribution in [0.4, 0.5) is 5.69 Å². The van der Waals surface area contributed by atoms with Gasteiger partial charge in [-0.1, -0.05) is 47.5 Å². The van der Waals surface area contributed by atoms with Gasteiger partial charge in [0.25, 0.3) is 0 Å². The fraction of sp³-hybridized carbons (Fsp3) is 0.368. The van der Waals surface area contributed by atoms with E-state index in [9.17, 15) is 0 Å². The van der Waals surface area contributed by atoms with E-state index < -0.39 is 0 Å². The van der Waals surface area contributed by atoms with Gasteiger partial charge in [0, 0.05) is 12.2 Å². The molecule has 1 aliphatic rings. The van der Waals surface area contributed by atoms with Crippen molar-refractivity contribution in [2.75, 3.05) is 11.9 Å². The number of nitrogens with one attached hydrogen (secondary N) is 1. The zero-order valence-electron chi connectivity index (χ0n) is 12.7. The molecule has 1 N–H and O–H groups in total. The Morgan fingerprint density at radius 1 is 1.00 bits per heavy atom. The molecule has 0 fully saturated rings. The molecule has 0 aromatic heterocycles. The number of fused-ring (bicyclic) bond motifs is 1. The fourth-order valence-electron chi connectivity index (χ4n) is 3.30. The summed E-state index contributed by atoms with van der Waals surface area (Å²) in [5.41, 5.74) is 8.41. The molecule has 104 valence electrons. The summed E-state index contributed by atoms with van der Waals surface area (Å²) in [6.45, 7) is 7.63. The van der Waals surface area contributed by atoms with E-state index in [2.05, 4.69) is 62.5 Å². The largest absolute Gasteiger partial charge is 0.384 e. The summed E-state index contributed by atoms with van der Waals surface area (Å²) in [4.78, 5) is 0. The van der Waals surface area contributed by atoms with Crippen LogP contribution in [0, 0.1) is 26.7 Å². The van der Waals surface area contributed by atoms with Crippen molar-refractivity contribution in [3.05, 3.63) is 64.2 Å². The minimum atomic E-state index is 0.700. The lowest BCUT2D eigenvalue weighted by Crippen LogP contribution is -2.25. The average molecular weight is 265 g/mol. The monoisotopic (exact) mass is 265 g/mol. The Morgan fingerprint density at radius 3 is 2.50 bits per heavy atom. The van der Waals surface area contributed by atoms with Crippen LogP contribution in [0.5, 0.6) is 0 Å². The van der Waals surface area contributed by atoms with Gasteiger partial charge in [-0.15, -0.1) is 0 Å². The summed E-state index contributed by atoms with van der Waals surface area (Å²) in [5, 5.41) is 3.64. The quantitative estimate of drug-likeness (QED) is 0.846. The molecule has 2 aromatic rings. The zero-order valence-corrected chi connectivity index (χ0v) is 12.7. The van der Waals surface area contributed by atoms with E-state index in [1.54, 1.807) is 0 Å². The first-order valence-corrected chi connectivity index (χ1v) is 7.51. The maximum absolute atomic E-state index is 3.64. The molecular formula is C19H23N. The minimum absolute atomic E-state index is 0.700. The molecule has 3 rings (SSSR count). The molecule has 1 aliphatic heterocycles. The number of rotatable bonds is 2. The van der Waals surface area contributed by atoms with E-state index in [0.717, 1.165) is 6.54 Å². The molecule has 1 heteroatoms. The molecule has 1 unspecified atom stereocenters. The Morgan fingerprint density at radius 2 is 1.75 bits per heavy atom. The van der Waals surface area contributed by atoms with E-state index in [-0.39, 0.29) is 0 Å². The van der Waals surface area contributed by atoms with Crippen molar-refractivity contribution in [3.8, 4) is 0 Å². The minimum Gasteiger partial charge on any atom is -0.384 e. The van der Waals surface area contributed by atoms with Crippen LogP contribution in [0.15, 0.2) is 36.4 Å². The van der Waals surface area contributed by atoms with Gasteiger partial charge in [-0.25, -0.2) is 0 Å². The molecule has 0 saturated carbocycles. The molecule has 20 heavy (non-hydrogen) atoms. The summed E-state index contributed by atoms with van der Waals surface area (Å²) < 4.78 is 0. The predicted molar refractivity (Wildman–Crippen MR) is 86.5 cm³/mol. The van der Waals surface area contributed by atoms with Crippen LogP contribution in [0.2, 0.25) is 0 Å². The number of aryl methyl sites for hydroxylation is 3. The topological polar surface area (TPSA) is 12.0 Å². The van der Waals surface area contributed by atoms with Crippen LogP contribution in [0.25, 0.3) is 0 Å². The summed E-state index contributed by atoms with van der Waals surface area (Å²) in [6, 6.07) is 13.6. The van der Waals surface area contributed by atoms with Crippen molar-refractivity contribution < 1.29 is 0 Å². The predicted octanol–water partition coefficient (Wildman–Crippen LogP) is 4.44. The lowest BCUT2D eigenvalue weighted by Gasteiger charge is -2.28. The molecular weight excluding hydrogens is 242 g/mol. The third kappa shape index (κ3) is 2.72. The first kappa shape index (κ1) is 13.2. The van der Waals surface area contributed by atoms with Crippen LogP contribution < -0.4 is 5.32 Å². The molecule has 1 atom stereocenters. The van der Waals surface area contributed by atoms with Crippen LogP contribution >= 0.6 is 0 Å². The summed E-state index contributed by atoms with van der Waals surface area (Å²) >= 11 is 0. The molecule has 1 heterocycles. The zero-order chi connectivity index (χ0) is 14.1. The molecule has 0 spiro atoms. The summed E-state index contributed by atoms with van der Waals surface area (Å²) in [7, 11) is 0. The van der Waals surface area contributed by atoms with Crippen LogP contribution in [-0.4, -0.2) is 6.54 Å². The van der Waals surface area contributed by atoms with E-state index in [4.69, 9.17) is 0 Å². The summed E-state index contributed by atoms with van der Waals surface area (Å²) in [6.07, 6.45) is 2.36. The van der Waals surface area contributed by atoms with E-state index in [1.165, 1.54) is 46.3 Å². The van der Waals surface area contributed by atoms with Gasteiger partial charge in [-0.3, -0.25) is 0 Å². The molecule has 0 aliphatic carbocycles. The Labute approximate surface area is 122 Å². The van der Waals surface area contributed by atoms with E-state index in [1.807, 2.05) is 0 Å². The van der Waals surface area contributed by atoms with Gasteiger partial charge in [0.15, 0.2) is 0 Å². The number of hydrogen-bond acceptors (Lipinski definition) is 1. The Balaban J connectivity index is 1.77. The second kappa shape index (κ2) is 5.32. The molecule has 2 aromatic carbocycles. The average Bonchev–Trinajstić information content (AvgIpc) is 2.41.